The van der Waals surface area contributed by atoms with E-state index >= 15 is 0 Å². The van der Waals surface area contributed by atoms with Crippen LogP contribution in [-0.2, 0) is 28.0 Å². The number of rotatable bonds is 5. The Bertz CT molecular complexity index is 636. The summed E-state index contributed by atoms with van der Waals surface area (Å²) in [5.74, 6) is 0.934. The van der Waals surface area contributed by atoms with Gasteiger partial charge in [0.1, 0.15) is 12.4 Å². The number of benzene rings is 2. The lowest BCUT2D eigenvalue weighted by Crippen LogP contribution is -2.26. The molecule has 0 bridgehead atoms. The van der Waals surface area contributed by atoms with Gasteiger partial charge in [-0.25, -0.2) is 0 Å². The lowest BCUT2D eigenvalue weighted by molar-refractivity contribution is -0.129. The van der Waals surface area contributed by atoms with E-state index < -0.39 is 0 Å². The van der Waals surface area contributed by atoms with Crippen molar-refractivity contribution in [1.82, 2.24) is 0 Å². The average molecular weight is 282 g/mol. The Balaban J connectivity index is 1.88. The molecule has 0 fully saturated rings. The molecule has 0 saturated heterocycles. The highest BCUT2D eigenvalue weighted by Gasteiger charge is 2.36. The molecule has 0 spiro atoms. The van der Waals surface area contributed by atoms with Crippen LogP contribution in [0.1, 0.15) is 23.6 Å². The van der Waals surface area contributed by atoms with Gasteiger partial charge in [0.15, 0.2) is 0 Å². The maximum absolute atomic E-state index is 10.3. The summed E-state index contributed by atoms with van der Waals surface area (Å²) < 4.78 is 10.7. The molecule has 1 heterocycles. The van der Waals surface area contributed by atoms with Gasteiger partial charge in [0.05, 0.1) is 6.61 Å². The molecule has 21 heavy (non-hydrogen) atoms. The first kappa shape index (κ1) is 13.7. The molecule has 0 amide bonds. The third-order valence-corrected chi connectivity index (χ3v) is 4.00. The third kappa shape index (κ3) is 2.77. The number of fused-ring (bicyclic) bond motifs is 1. The van der Waals surface area contributed by atoms with Gasteiger partial charge in [-0.05, 0) is 29.7 Å². The van der Waals surface area contributed by atoms with Crippen LogP contribution in [0.15, 0.2) is 48.5 Å². The van der Waals surface area contributed by atoms with Gasteiger partial charge in [-0.15, -0.1) is 0 Å². The van der Waals surface area contributed by atoms with E-state index in [1.807, 2.05) is 18.2 Å². The van der Waals surface area contributed by atoms with E-state index in [4.69, 9.17) is 9.47 Å². The summed E-state index contributed by atoms with van der Waals surface area (Å²) in [6.45, 7) is 3.68. The van der Waals surface area contributed by atoms with Crippen molar-refractivity contribution < 1.29 is 14.3 Å². The predicted octanol–water partition coefficient (Wildman–Crippen LogP) is 3.25. The second-order valence-corrected chi connectivity index (χ2v) is 5.75. The molecule has 3 heteroatoms. The van der Waals surface area contributed by atoms with Crippen LogP contribution in [-0.4, -0.2) is 13.1 Å². The average Bonchev–Trinajstić information content (AvgIpc) is 2.83. The van der Waals surface area contributed by atoms with Crippen molar-refractivity contribution in [1.29, 1.82) is 0 Å². The maximum Gasteiger partial charge on any atom is 0.293 e. The summed E-state index contributed by atoms with van der Waals surface area (Å²) in [4.78, 5) is 10.3. The molecular weight excluding hydrogens is 264 g/mol. The molecule has 0 N–H and O–H groups in total. The highest BCUT2D eigenvalue weighted by molar-refractivity contribution is 5.47. The van der Waals surface area contributed by atoms with Gasteiger partial charge in [-0.1, -0.05) is 43.3 Å². The van der Waals surface area contributed by atoms with Crippen molar-refractivity contribution in [3.8, 4) is 5.75 Å². The molecule has 0 aromatic heterocycles. The van der Waals surface area contributed by atoms with Crippen molar-refractivity contribution in [2.45, 2.75) is 25.4 Å². The first-order chi connectivity index (χ1) is 10.2. The van der Waals surface area contributed by atoms with Gasteiger partial charge in [0.25, 0.3) is 6.47 Å². The molecular formula is C18H18O3. The van der Waals surface area contributed by atoms with Crippen LogP contribution < -0.4 is 4.74 Å². The first-order valence-corrected chi connectivity index (χ1v) is 7.07. The standard InChI is InChI=1S/C18H18O3/c1-18(10-14-5-3-2-4-6-14)12-21-17-8-7-15(9-16(17)18)11-20-13-19/h2-9,13H,10-12H2,1H3. The third-order valence-electron chi connectivity index (χ3n) is 4.00. The molecule has 0 radical (unpaired) electrons. The van der Waals surface area contributed by atoms with E-state index in [0.717, 1.165) is 17.7 Å². The minimum atomic E-state index is -0.0477. The van der Waals surface area contributed by atoms with Crippen molar-refractivity contribution in [2.24, 2.45) is 0 Å². The van der Waals surface area contributed by atoms with Gasteiger partial charge < -0.3 is 9.47 Å². The fourth-order valence-electron chi connectivity index (χ4n) is 2.90. The van der Waals surface area contributed by atoms with E-state index in [-0.39, 0.29) is 5.41 Å². The second-order valence-electron chi connectivity index (χ2n) is 5.75. The number of carbonyl (C=O) groups excluding carboxylic acids is 1. The topological polar surface area (TPSA) is 35.5 Å². The van der Waals surface area contributed by atoms with Crippen LogP contribution in [0, 0.1) is 0 Å². The zero-order valence-electron chi connectivity index (χ0n) is 12.0. The van der Waals surface area contributed by atoms with Gasteiger partial charge in [-0.3, -0.25) is 4.79 Å². The minimum absolute atomic E-state index is 0.0477. The molecule has 2 aromatic rings. The Morgan fingerprint density at radius 1 is 1.19 bits per heavy atom. The number of carbonyl (C=O) groups is 1. The minimum Gasteiger partial charge on any atom is -0.492 e. The molecule has 2 aromatic carbocycles. The van der Waals surface area contributed by atoms with Crippen LogP contribution in [0.4, 0.5) is 0 Å². The summed E-state index contributed by atoms with van der Waals surface area (Å²) in [6.07, 6.45) is 0.929. The van der Waals surface area contributed by atoms with Gasteiger partial charge in [0, 0.05) is 11.0 Å². The molecule has 0 aliphatic carbocycles. The zero-order valence-corrected chi connectivity index (χ0v) is 12.0. The number of hydrogen-bond donors (Lipinski definition) is 0. The molecule has 1 atom stereocenters. The number of ether oxygens (including phenoxy) is 2. The molecule has 3 rings (SSSR count). The van der Waals surface area contributed by atoms with Crippen LogP contribution >= 0.6 is 0 Å². The van der Waals surface area contributed by atoms with E-state index in [1.54, 1.807) is 0 Å². The summed E-state index contributed by atoms with van der Waals surface area (Å²) in [7, 11) is 0. The normalized spacial score (nSPS) is 19.7. The number of hydrogen-bond acceptors (Lipinski definition) is 3. The first-order valence-electron chi connectivity index (χ1n) is 7.07. The largest absolute Gasteiger partial charge is 0.492 e. The van der Waals surface area contributed by atoms with E-state index in [2.05, 4.69) is 37.3 Å². The van der Waals surface area contributed by atoms with Gasteiger partial charge >= 0.3 is 0 Å². The monoisotopic (exact) mass is 282 g/mol. The fraction of sp³-hybridized carbons (Fsp3) is 0.278. The summed E-state index contributed by atoms with van der Waals surface area (Å²) in [5, 5.41) is 0. The lowest BCUT2D eigenvalue weighted by Gasteiger charge is -2.23. The van der Waals surface area contributed by atoms with Crippen LogP contribution in [0.2, 0.25) is 0 Å². The summed E-state index contributed by atoms with van der Waals surface area (Å²) in [5.41, 5.74) is 3.43. The van der Waals surface area contributed by atoms with Gasteiger partial charge in [-0.2, -0.15) is 0 Å². The summed E-state index contributed by atoms with van der Waals surface area (Å²) in [6, 6.07) is 16.4. The van der Waals surface area contributed by atoms with Crippen molar-refractivity contribution in [3.05, 3.63) is 65.2 Å². The highest BCUT2D eigenvalue weighted by Crippen LogP contribution is 2.41. The highest BCUT2D eigenvalue weighted by atomic mass is 16.5. The predicted molar refractivity (Wildman–Crippen MR) is 80.3 cm³/mol. The van der Waals surface area contributed by atoms with E-state index in [1.165, 1.54) is 11.1 Å². The quantitative estimate of drug-likeness (QED) is 0.790. The van der Waals surface area contributed by atoms with Crippen LogP contribution in [0.5, 0.6) is 5.75 Å². The van der Waals surface area contributed by atoms with Gasteiger partial charge in [0.2, 0.25) is 0 Å². The van der Waals surface area contributed by atoms with Crippen LogP contribution in [0.25, 0.3) is 0 Å². The molecule has 3 nitrogen and oxygen atoms in total. The van der Waals surface area contributed by atoms with Crippen molar-refractivity contribution >= 4 is 6.47 Å². The van der Waals surface area contributed by atoms with E-state index in [9.17, 15) is 4.79 Å². The Hall–Kier alpha value is -2.29. The fourth-order valence-corrected chi connectivity index (χ4v) is 2.90. The van der Waals surface area contributed by atoms with Crippen molar-refractivity contribution in [3.63, 3.8) is 0 Å². The molecule has 108 valence electrons. The lowest BCUT2D eigenvalue weighted by atomic mass is 9.78. The zero-order chi connectivity index (χ0) is 14.7. The smallest absolute Gasteiger partial charge is 0.293 e. The Morgan fingerprint density at radius 3 is 2.76 bits per heavy atom. The molecule has 1 aliphatic heterocycles. The Kier molecular flexibility index (Phi) is 3.65. The Morgan fingerprint density at radius 2 is 2.00 bits per heavy atom. The van der Waals surface area contributed by atoms with Crippen LogP contribution in [0.3, 0.4) is 0 Å². The molecule has 0 saturated carbocycles. The molecule has 1 aliphatic rings. The van der Waals surface area contributed by atoms with E-state index in [0.29, 0.717) is 19.7 Å². The van der Waals surface area contributed by atoms with Crippen molar-refractivity contribution in [2.75, 3.05) is 6.61 Å². The Labute approximate surface area is 124 Å². The second kappa shape index (κ2) is 5.60. The molecule has 1 unspecified atom stereocenters. The summed E-state index contributed by atoms with van der Waals surface area (Å²) >= 11 is 0. The maximum atomic E-state index is 10.3. The SMILES string of the molecule is CC1(Cc2ccccc2)COc2ccc(COC=O)cc21.